The highest BCUT2D eigenvalue weighted by atomic mass is 16.6. The molecule has 0 atom stereocenters. The van der Waals surface area contributed by atoms with Gasteiger partial charge in [-0.05, 0) is 6.92 Å². The molecule has 1 heterocycles. The van der Waals surface area contributed by atoms with E-state index in [1.165, 1.54) is 6.92 Å². The van der Waals surface area contributed by atoms with Crippen molar-refractivity contribution in [2.45, 2.75) is 6.92 Å². The van der Waals surface area contributed by atoms with Gasteiger partial charge in [0.25, 0.3) is 5.91 Å². The van der Waals surface area contributed by atoms with Crippen LogP contribution in [0, 0.1) is 0 Å². The molecule has 1 rings (SSSR count). The van der Waals surface area contributed by atoms with Crippen LogP contribution < -0.4 is 5.73 Å². The first-order chi connectivity index (χ1) is 6.50. The number of rotatable bonds is 1. The average Bonchev–Trinajstić information content (AvgIpc) is 2.08. The number of primary amides is 1. The Balaban J connectivity index is 3.06. The first kappa shape index (κ1) is 9.97. The van der Waals surface area contributed by atoms with Gasteiger partial charge in [0, 0.05) is 12.2 Å². The molecule has 1 aliphatic heterocycles. The fourth-order valence-corrected chi connectivity index (χ4v) is 0.798. The summed E-state index contributed by atoms with van der Waals surface area (Å²) in [6.45, 7) is 1.30. The van der Waals surface area contributed by atoms with Crippen LogP contribution in [0.2, 0.25) is 0 Å². The van der Waals surface area contributed by atoms with Crippen LogP contribution in [-0.2, 0) is 23.9 Å². The van der Waals surface area contributed by atoms with Gasteiger partial charge in [-0.25, -0.2) is 9.59 Å². The number of amides is 1. The van der Waals surface area contributed by atoms with E-state index in [4.69, 9.17) is 5.73 Å². The van der Waals surface area contributed by atoms with Crippen LogP contribution in [0.3, 0.4) is 0 Å². The van der Waals surface area contributed by atoms with Crippen molar-refractivity contribution >= 4 is 17.8 Å². The Kier molecular flexibility index (Phi) is 2.66. The standard InChI is InChI=1S/C8H7NO5/c1-4-7(8(9)12)14-6(11)3-2-5(10)13-4/h2-3H,1H3,(H2,9,12)/b3-2-,7-4-. The van der Waals surface area contributed by atoms with E-state index in [1.807, 2.05) is 0 Å². The van der Waals surface area contributed by atoms with Gasteiger partial charge in [-0.1, -0.05) is 0 Å². The zero-order valence-electron chi connectivity index (χ0n) is 7.27. The number of carbonyl (C=O) groups is 3. The minimum Gasteiger partial charge on any atom is -0.424 e. The summed E-state index contributed by atoms with van der Waals surface area (Å²) in [6.07, 6.45) is 1.74. The molecule has 0 bridgehead atoms. The predicted molar refractivity (Wildman–Crippen MR) is 43.2 cm³/mol. The quantitative estimate of drug-likeness (QED) is 0.564. The smallest absolute Gasteiger partial charge is 0.336 e. The molecule has 0 fully saturated rings. The van der Waals surface area contributed by atoms with E-state index in [9.17, 15) is 14.4 Å². The van der Waals surface area contributed by atoms with Crippen molar-refractivity contribution in [1.29, 1.82) is 0 Å². The lowest BCUT2D eigenvalue weighted by atomic mass is 10.3. The van der Waals surface area contributed by atoms with Crippen molar-refractivity contribution in [3.8, 4) is 0 Å². The lowest BCUT2D eigenvalue weighted by Crippen LogP contribution is -2.22. The number of allylic oxidation sites excluding steroid dienone is 1. The van der Waals surface area contributed by atoms with Gasteiger partial charge >= 0.3 is 11.9 Å². The molecule has 2 N–H and O–H groups in total. The summed E-state index contributed by atoms with van der Waals surface area (Å²) in [5.41, 5.74) is 4.90. The summed E-state index contributed by atoms with van der Waals surface area (Å²) in [7, 11) is 0. The van der Waals surface area contributed by atoms with Gasteiger partial charge in [0.05, 0.1) is 0 Å². The number of nitrogens with two attached hydrogens (primary N) is 1. The lowest BCUT2D eigenvalue weighted by Gasteiger charge is -2.09. The predicted octanol–water partition coefficient (Wildman–Crippen LogP) is -0.641. The van der Waals surface area contributed by atoms with Crippen molar-refractivity contribution in [2.24, 2.45) is 5.73 Å². The summed E-state index contributed by atoms with van der Waals surface area (Å²) in [6, 6.07) is 0. The number of ether oxygens (including phenoxy) is 2. The molecule has 0 radical (unpaired) electrons. The van der Waals surface area contributed by atoms with Gasteiger partial charge < -0.3 is 15.2 Å². The van der Waals surface area contributed by atoms with Crippen molar-refractivity contribution < 1.29 is 23.9 Å². The summed E-state index contributed by atoms with van der Waals surface area (Å²) < 4.78 is 9.10. The topological polar surface area (TPSA) is 95.7 Å². The Hall–Kier alpha value is -2.11. The lowest BCUT2D eigenvalue weighted by molar-refractivity contribution is -0.141. The Morgan fingerprint density at radius 2 is 1.71 bits per heavy atom. The van der Waals surface area contributed by atoms with Crippen LogP contribution in [-0.4, -0.2) is 17.8 Å². The monoisotopic (exact) mass is 197 g/mol. The second-order valence-corrected chi connectivity index (χ2v) is 2.43. The maximum Gasteiger partial charge on any atom is 0.336 e. The summed E-state index contributed by atoms with van der Waals surface area (Å²) in [4.78, 5) is 32.5. The van der Waals surface area contributed by atoms with Crippen LogP contribution >= 0.6 is 0 Å². The van der Waals surface area contributed by atoms with E-state index >= 15 is 0 Å². The van der Waals surface area contributed by atoms with Crippen LogP contribution in [0.5, 0.6) is 0 Å². The molecule has 1 amide bonds. The van der Waals surface area contributed by atoms with Gasteiger partial charge in [0.15, 0.2) is 5.76 Å². The number of cyclic esters (lactones) is 2. The highest BCUT2D eigenvalue weighted by Crippen LogP contribution is 2.10. The SMILES string of the molecule is C/C1=C(\C(N)=O)OC(=O)/C=C\C(=O)O1. The third-order valence-electron chi connectivity index (χ3n) is 1.36. The molecule has 0 aromatic heterocycles. The molecule has 1 aliphatic rings. The normalized spacial score (nSPS) is 24.4. The van der Waals surface area contributed by atoms with Crippen LogP contribution in [0.1, 0.15) is 6.92 Å². The third kappa shape index (κ3) is 2.19. The first-order valence-electron chi connectivity index (χ1n) is 3.63. The maximum atomic E-state index is 10.9. The van der Waals surface area contributed by atoms with Crippen LogP contribution in [0.25, 0.3) is 0 Å². The van der Waals surface area contributed by atoms with E-state index in [0.29, 0.717) is 0 Å². The highest BCUT2D eigenvalue weighted by Gasteiger charge is 2.19. The van der Waals surface area contributed by atoms with E-state index in [1.54, 1.807) is 0 Å². The molecule has 14 heavy (non-hydrogen) atoms. The molecule has 74 valence electrons. The number of esters is 2. The van der Waals surface area contributed by atoms with Crippen molar-refractivity contribution in [3.05, 3.63) is 23.7 Å². The summed E-state index contributed by atoms with van der Waals surface area (Å²) in [5, 5.41) is 0. The Morgan fingerprint density at radius 1 is 1.21 bits per heavy atom. The molecular formula is C8H7NO5. The van der Waals surface area contributed by atoms with Gasteiger partial charge in [0.2, 0.25) is 5.76 Å². The van der Waals surface area contributed by atoms with Crippen molar-refractivity contribution in [1.82, 2.24) is 0 Å². The first-order valence-corrected chi connectivity index (χ1v) is 3.63. The molecule has 0 aromatic rings. The maximum absolute atomic E-state index is 10.9. The number of hydrogen-bond acceptors (Lipinski definition) is 5. The van der Waals surface area contributed by atoms with Gasteiger partial charge in [-0.3, -0.25) is 4.79 Å². The number of hydrogen-bond donors (Lipinski definition) is 1. The summed E-state index contributed by atoms with van der Waals surface area (Å²) >= 11 is 0. The molecule has 0 aromatic carbocycles. The molecular weight excluding hydrogens is 190 g/mol. The van der Waals surface area contributed by atoms with E-state index < -0.39 is 23.6 Å². The fourth-order valence-electron chi connectivity index (χ4n) is 0.798. The molecule has 0 unspecified atom stereocenters. The third-order valence-corrected chi connectivity index (χ3v) is 1.36. The van der Waals surface area contributed by atoms with Gasteiger partial charge in [-0.15, -0.1) is 0 Å². The molecule has 6 heteroatoms. The zero-order chi connectivity index (χ0) is 10.7. The summed E-state index contributed by atoms with van der Waals surface area (Å²) in [5.74, 6) is -3.19. The van der Waals surface area contributed by atoms with Gasteiger partial charge in [-0.2, -0.15) is 0 Å². The highest BCUT2D eigenvalue weighted by molar-refractivity contribution is 5.98. The minimum atomic E-state index is -0.973. The molecule has 0 aliphatic carbocycles. The van der Waals surface area contributed by atoms with E-state index in [2.05, 4.69) is 9.47 Å². The molecule has 6 nitrogen and oxygen atoms in total. The van der Waals surface area contributed by atoms with Gasteiger partial charge in [0.1, 0.15) is 0 Å². The second-order valence-electron chi connectivity index (χ2n) is 2.43. The van der Waals surface area contributed by atoms with Crippen LogP contribution in [0.15, 0.2) is 23.7 Å². The average molecular weight is 197 g/mol. The second kappa shape index (κ2) is 3.73. The Morgan fingerprint density at radius 3 is 2.21 bits per heavy atom. The zero-order valence-corrected chi connectivity index (χ0v) is 7.27. The molecule has 0 saturated carbocycles. The van der Waals surface area contributed by atoms with Crippen molar-refractivity contribution in [3.63, 3.8) is 0 Å². The molecule has 0 saturated heterocycles. The Bertz CT molecular complexity index is 366. The number of carbonyl (C=O) groups excluding carboxylic acids is 3. The van der Waals surface area contributed by atoms with Crippen molar-refractivity contribution in [2.75, 3.05) is 0 Å². The van der Waals surface area contributed by atoms with Crippen LogP contribution in [0.4, 0.5) is 0 Å². The van der Waals surface area contributed by atoms with E-state index in [-0.39, 0.29) is 5.76 Å². The van der Waals surface area contributed by atoms with E-state index in [0.717, 1.165) is 12.2 Å². The molecule has 0 spiro atoms. The largest absolute Gasteiger partial charge is 0.424 e. The Labute approximate surface area is 79.0 Å². The fraction of sp³-hybridized carbons (Fsp3) is 0.125. The minimum absolute atomic E-state index is 0.139.